The first-order valence-electron chi connectivity index (χ1n) is 4.11. The molecule has 1 heterocycles. The lowest BCUT2D eigenvalue weighted by Crippen LogP contribution is -2.15. The fourth-order valence-corrected chi connectivity index (χ4v) is 2.41. The number of halogens is 2. The van der Waals surface area contributed by atoms with Crippen LogP contribution in [0.1, 0.15) is 33.1 Å². The monoisotopic (exact) mass is 264 g/mol. The fraction of sp³-hybridized carbons (Fsp3) is 0.875. The molecule has 0 atom stereocenters. The summed E-state index contributed by atoms with van der Waals surface area (Å²) in [6.07, 6.45) is 2.85. The Balaban J connectivity index is -0.000000180. The molecule has 0 N–H and O–H groups in total. The van der Waals surface area contributed by atoms with Crippen molar-refractivity contribution in [3.05, 3.63) is 0 Å². The van der Waals surface area contributed by atoms with Gasteiger partial charge in [-0.3, -0.25) is 0 Å². The SMILES string of the molecule is CC(C)=O.Cl.Cl.O=S1(=O)CCCCC1. The van der Waals surface area contributed by atoms with E-state index in [9.17, 15) is 13.2 Å². The van der Waals surface area contributed by atoms with Crippen molar-refractivity contribution in [3.63, 3.8) is 0 Å². The molecule has 1 saturated heterocycles. The fourth-order valence-electron chi connectivity index (χ4n) is 0.923. The summed E-state index contributed by atoms with van der Waals surface area (Å²) in [6, 6.07) is 0. The minimum Gasteiger partial charge on any atom is -0.300 e. The normalized spacial score (nSPS) is 17.6. The highest BCUT2D eigenvalue weighted by atomic mass is 35.5. The van der Waals surface area contributed by atoms with Crippen LogP contribution < -0.4 is 0 Å². The minimum atomic E-state index is -2.58. The summed E-state index contributed by atoms with van der Waals surface area (Å²) in [5.41, 5.74) is 0. The minimum absolute atomic E-state index is 0. The van der Waals surface area contributed by atoms with E-state index in [-0.39, 0.29) is 30.6 Å². The zero-order valence-corrected chi connectivity index (χ0v) is 10.9. The molecule has 1 aliphatic heterocycles. The average Bonchev–Trinajstić information content (AvgIpc) is 1.85. The Morgan fingerprint density at radius 1 is 0.929 bits per heavy atom. The molecule has 1 rings (SSSR count). The molecule has 14 heavy (non-hydrogen) atoms. The number of carbonyl (C=O) groups is 1. The maximum absolute atomic E-state index is 10.7. The first-order chi connectivity index (χ1) is 5.44. The van der Waals surface area contributed by atoms with Crippen LogP contribution in [0.5, 0.6) is 0 Å². The van der Waals surface area contributed by atoms with E-state index in [0.717, 1.165) is 19.3 Å². The topological polar surface area (TPSA) is 51.2 Å². The summed E-state index contributed by atoms with van der Waals surface area (Å²) >= 11 is 0. The van der Waals surface area contributed by atoms with E-state index in [4.69, 9.17) is 0 Å². The molecule has 0 bridgehead atoms. The Kier molecular flexibility index (Phi) is 13.7. The van der Waals surface area contributed by atoms with Gasteiger partial charge in [0.2, 0.25) is 0 Å². The van der Waals surface area contributed by atoms with E-state index in [1.54, 1.807) is 0 Å². The van der Waals surface area contributed by atoms with Crippen LogP contribution in [0, 0.1) is 0 Å². The lowest BCUT2D eigenvalue weighted by Gasteiger charge is -2.08. The summed E-state index contributed by atoms with van der Waals surface area (Å²) in [6.45, 7) is 3.06. The van der Waals surface area contributed by atoms with E-state index in [1.165, 1.54) is 13.8 Å². The van der Waals surface area contributed by atoms with E-state index >= 15 is 0 Å². The zero-order chi connectivity index (χ0) is 9.61. The number of sulfone groups is 1. The molecular weight excluding hydrogens is 247 g/mol. The van der Waals surface area contributed by atoms with Gasteiger partial charge in [0, 0.05) is 0 Å². The smallest absolute Gasteiger partial charge is 0.150 e. The van der Waals surface area contributed by atoms with Crippen molar-refractivity contribution < 1.29 is 13.2 Å². The van der Waals surface area contributed by atoms with Crippen LogP contribution in [-0.4, -0.2) is 25.7 Å². The molecule has 0 aromatic rings. The van der Waals surface area contributed by atoms with Gasteiger partial charge in [0.25, 0.3) is 0 Å². The molecule has 0 amide bonds. The Bertz CT molecular complexity index is 221. The predicted octanol–water partition coefficient (Wildman–Crippen LogP) is 2.02. The molecule has 1 fully saturated rings. The molecule has 0 unspecified atom stereocenters. The molecule has 0 radical (unpaired) electrons. The van der Waals surface area contributed by atoms with Gasteiger partial charge in [-0.05, 0) is 26.7 Å². The van der Waals surface area contributed by atoms with E-state index in [2.05, 4.69) is 0 Å². The highest BCUT2D eigenvalue weighted by molar-refractivity contribution is 7.91. The van der Waals surface area contributed by atoms with Crippen LogP contribution in [0.15, 0.2) is 0 Å². The average molecular weight is 265 g/mol. The van der Waals surface area contributed by atoms with Crippen LogP contribution in [0.4, 0.5) is 0 Å². The summed E-state index contributed by atoms with van der Waals surface area (Å²) < 4.78 is 21.3. The standard InChI is InChI=1S/C5H10O2S.C3H6O.2ClH/c6-8(7)4-2-1-3-5-8;1-3(2)4;;/h1-5H2;1-2H3;2*1H. The number of rotatable bonds is 0. The second-order valence-electron chi connectivity index (χ2n) is 3.12. The molecule has 0 saturated carbocycles. The van der Waals surface area contributed by atoms with Gasteiger partial charge in [-0.1, -0.05) is 6.42 Å². The third kappa shape index (κ3) is 14.7. The molecule has 0 aliphatic carbocycles. The first-order valence-corrected chi connectivity index (χ1v) is 5.94. The van der Waals surface area contributed by atoms with E-state index < -0.39 is 9.84 Å². The van der Waals surface area contributed by atoms with Crippen molar-refractivity contribution in [1.82, 2.24) is 0 Å². The van der Waals surface area contributed by atoms with Crippen molar-refractivity contribution in [2.75, 3.05) is 11.5 Å². The van der Waals surface area contributed by atoms with Gasteiger partial charge < -0.3 is 4.79 Å². The molecular formula is C8H18Cl2O3S. The third-order valence-corrected chi connectivity index (χ3v) is 3.23. The Morgan fingerprint density at radius 2 is 1.21 bits per heavy atom. The van der Waals surface area contributed by atoms with Crippen molar-refractivity contribution in [3.8, 4) is 0 Å². The molecule has 0 aromatic heterocycles. The first kappa shape index (κ1) is 19.7. The highest BCUT2D eigenvalue weighted by Gasteiger charge is 2.14. The summed E-state index contributed by atoms with van der Waals surface area (Å²) in [5, 5.41) is 0. The van der Waals surface area contributed by atoms with E-state index in [1.807, 2.05) is 0 Å². The molecule has 6 heteroatoms. The number of ketones is 1. The summed E-state index contributed by atoms with van der Waals surface area (Å²) in [5.74, 6) is 1.01. The van der Waals surface area contributed by atoms with E-state index in [0.29, 0.717) is 11.5 Å². The zero-order valence-electron chi connectivity index (χ0n) is 8.49. The highest BCUT2D eigenvalue weighted by Crippen LogP contribution is 2.09. The van der Waals surface area contributed by atoms with Crippen LogP contribution in [0.2, 0.25) is 0 Å². The molecule has 0 aromatic carbocycles. The molecule has 0 spiro atoms. The van der Waals surface area contributed by atoms with Crippen molar-refractivity contribution >= 4 is 40.4 Å². The van der Waals surface area contributed by atoms with Crippen LogP contribution >= 0.6 is 24.8 Å². The third-order valence-electron chi connectivity index (χ3n) is 1.41. The Morgan fingerprint density at radius 3 is 1.36 bits per heavy atom. The molecule has 1 aliphatic rings. The quantitative estimate of drug-likeness (QED) is 0.673. The van der Waals surface area contributed by atoms with Gasteiger partial charge in [0.15, 0.2) is 0 Å². The lowest BCUT2D eigenvalue weighted by molar-refractivity contribution is -0.114. The second-order valence-corrected chi connectivity index (χ2v) is 5.42. The van der Waals surface area contributed by atoms with Gasteiger partial charge in [-0.15, -0.1) is 24.8 Å². The lowest BCUT2D eigenvalue weighted by atomic mass is 10.3. The molecule has 3 nitrogen and oxygen atoms in total. The van der Waals surface area contributed by atoms with Gasteiger partial charge in [-0.25, -0.2) is 8.42 Å². The van der Waals surface area contributed by atoms with Crippen LogP contribution in [0.3, 0.4) is 0 Å². The van der Waals surface area contributed by atoms with Gasteiger partial charge in [-0.2, -0.15) is 0 Å². The number of carbonyl (C=O) groups excluding carboxylic acids is 1. The van der Waals surface area contributed by atoms with Crippen molar-refractivity contribution in [2.45, 2.75) is 33.1 Å². The summed E-state index contributed by atoms with van der Waals surface area (Å²) in [4.78, 5) is 9.44. The van der Waals surface area contributed by atoms with Gasteiger partial charge >= 0.3 is 0 Å². The Hall–Kier alpha value is 0.200. The largest absolute Gasteiger partial charge is 0.300 e. The number of hydrogen-bond acceptors (Lipinski definition) is 3. The summed E-state index contributed by atoms with van der Waals surface area (Å²) in [7, 11) is -2.58. The van der Waals surface area contributed by atoms with Crippen molar-refractivity contribution in [2.24, 2.45) is 0 Å². The predicted molar refractivity (Wildman–Crippen MR) is 63.4 cm³/mol. The second kappa shape index (κ2) is 9.74. The van der Waals surface area contributed by atoms with Crippen molar-refractivity contribution in [1.29, 1.82) is 0 Å². The number of Topliss-reactive ketones (excluding diaryl/α,β-unsaturated/α-hetero) is 1. The van der Waals surface area contributed by atoms with Gasteiger partial charge in [0.1, 0.15) is 15.6 Å². The maximum Gasteiger partial charge on any atom is 0.150 e. The van der Waals surface area contributed by atoms with Crippen LogP contribution in [0.25, 0.3) is 0 Å². The maximum atomic E-state index is 10.7. The number of hydrogen-bond donors (Lipinski definition) is 0. The molecule has 88 valence electrons. The van der Waals surface area contributed by atoms with Gasteiger partial charge in [0.05, 0.1) is 11.5 Å². The Labute approximate surface area is 98.4 Å². The van der Waals surface area contributed by atoms with Crippen LogP contribution in [-0.2, 0) is 14.6 Å².